The van der Waals surface area contributed by atoms with Crippen LogP contribution in [0.15, 0.2) is 18.2 Å². The summed E-state index contributed by atoms with van der Waals surface area (Å²) in [6, 6.07) is 6.28. The molecule has 2 amide bonds. The molecule has 0 aliphatic carbocycles. The van der Waals surface area contributed by atoms with Crippen molar-refractivity contribution in [2.75, 3.05) is 26.3 Å². The molecule has 1 aliphatic rings. The van der Waals surface area contributed by atoms with E-state index in [4.69, 9.17) is 4.74 Å². The fraction of sp³-hybridized carbons (Fsp3) is 0.500. The molecule has 4 heteroatoms. The highest BCUT2D eigenvalue weighted by Crippen LogP contribution is 2.10. The zero-order valence-corrected chi connectivity index (χ0v) is 11.0. The molecule has 18 heavy (non-hydrogen) atoms. The number of urea groups is 1. The summed E-state index contributed by atoms with van der Waals surface area (Å²) >= 11 is 0. The lowest BCUT2D eigenvalue weighted by Gasteiger charge is -2.27. The monoisotopic (exact) mass is 248 g/mol. The number of hydrogen-bond acceptors (Lipinski definition) is 2. The SMILES string of the molecule is Cc1ccc(CNC(=O)N2CCOCC2)c(C)c1. The molecule has 0 saturated carbocycles. The van der Waals surface area contributed by atoms with Crippen molar-refractivity contribution in [3.05, 3.63) is 34.9 Å². The van der Waals surface area contributed by atoms with E-state index in [1.165, 1.54) is 16.7 Å². The van der Waals surface area contributed by atoms with Crippen molar-refractivity contribution in [2.45, 2.75) is 20.4 Å². The molecular weight excluding hydrogens is 228 g/mol. The molecule has 0 aromatic heterocycles. The third-order valence-electron chi connectivity index (χ3n) is 3.23. The van der Waals surface area contributed by atoms with Crippen LogP contribution in [0.25, 0.3) is 0 Å². The summed E-state index contributed by atoms with van der Waals surface area (Å²) in [5, 5.41) is 2.96. The third kappa shape index (κ3) is 3.23. The molecule has 1 aromatic rings. The van der Waals surface area contributed by atoms with E-state index in [9.17, 15) is 4.79 Å². The van der Waals surface area contributed by atoms with Gasteiger partial charge in [-0.25, -0.2) is 4.79 Å². The second kappa shape index (κ2) is 5.87. The van der Waals surface area contributed by atoms with Crippen LogP contribution in [0, 0.1) is 13.8 Å². The number of nitrogens with zero attached hydrogens (tertiary/aromatic N) is 1. The molecule has 1 fully saturated rings. The van der Waals surface area contributed by atoms with E-state index < -0.39 is 0 Å². The van der Waals surface area contributed by atoms with Gasteiger partial charge >= 0.3 is 6.03 Å². The minimum absolute atomic E-state index is 0.00160. The van der Waals surface area contributed by atoms with Crippen molar-refractivity contribution in [3.8, 4) is 0 Å². The van der Waals surface area contributed by atoms with Crippen LogP contribution < -0.4 is 5.32 Å². The van der Waals surface area contributed by atoms with Crippen LogP contribution in [0.3, 0.4) is 0 Å². The Bertz CT molecular complexity index is 426. The second-order valence-corrected chi connectivity index (χ2v) is 4.69. The van der Waals surface area contributed by atoms with Crippen LogP contribution in [0.4, 0.5) is 4.79 Å². The molecule has 98 valence electrons. The Kier molecular flexibility index (Phi) is 4.20. The van der Waals surface area contributed by atoms with E-state index in [1.54, 1.807) is 4.90 Å². The van der Waals surface area contributed by atoms with Crippen molar-refractivity contribution in [1.82, 2.24) is 10.2 Å². The minimum atomic E-state index is -0.00160. The van der Waals surface area contributed by atoms with Gasteiger partial charge in [0.05, 0.1) is 13.2 Å². The molecule has 1 N–H and O–H groups in total. The first-order chi connectivity index (χ1) is 8.66. The number of aryl methyl sites for hydroxylation is 2. The first-order valence-corrected chi connectivity index (χ1v) is 6.33. The number of nitrogens with one attached hydrogen (secondary N) is 1. The van der Waals surface area contributed by atoms with Gasteiger partial charge in [0.15, 0.2) is 0 Å². The highest BCUT2D eigenvalue weighted by Gasteiger charge is 2.16. The lowest BCUT2D eigenvalue weighted by molar-refractivity contribution is 0.0531. The number of carbonyl (C=O) groups excluding carboxylic acids is 1. The molecule has 0 unspecified atom stereocenters. The summed E-state index contributed by atoms with van der Waals surface area (Å²) in [4.78, 5) is 13.7. The van der Waals surface area contributed by atoms with E-state index in [1.807, 2.05) is 0 Å². The van der Waals surface area contributed by atoms with Gasteiger partial charge in [-0.05, 0) is 25.0 Å². The van der Waals surface area contributed by atoms with Crippen LogP contribution in [0.5, 0.6) is 0 Å². The Morgan fingerprint density at radius 2 is 2.06 bits per heavy atom. The molecule has 0 atom stereocenters. The van der Waals surface area contributed by atoms with Gasteiger partial charge in [0.2, 0.25) is 0 Å². The Balaban J connectivity index is 1.88. The van der Waals surface area contributed by atoms with Crippen molar-refractivity contribution >= 4 is 6.03 Å². The largest absolute Gasteiger partial charge is 0.378 e. The Morgan fingerprint density at radius 1 is 1.33 bits per heavy atom. The first kappa shape index (κ1) is 12.9. The van der Waals surface area contributed by atoms with E-state index in [-0.39, 0.29) is 6.03 Å². The summed E-state index contributed by atoms with van der Waals surface area (Å²) in [6.07, 6.45) is 0. The van der Waals surface area contributed by atoms with E-state index >= 15 is 0 Å². The average molecular weight is 248 g/mol. The molecule has 2 rings (SSSR count). The summed E-state index contributed by atoms with van der Waals surface area (Å²) in [5.41, 5.74) is 3.63. The average Bonchev–Trinajstić information content (AvgIpc) is 2.38. The number of ether oxygens (including phenoxy) is 1. The third-order valence-corrected chi connectivity index (χ3v) is 3.23. The van der Waals surface area contributed by atoms with Crippen LogP contribution in [-0.2, 0) is 11.3 Å². The van der Waals surface area contributed by atoms with Crippen LogP contribution in [0.1, 0.15) is 16.7 Å². The molecule has 1 aromatic carbocycles. The van der Waals surface area contributed by atoms with E-state index in [0.717, 1.165) is 0 Å². The quantitative estimate of drug-likeness (QED) is 0.867. The number of carbonyl (C=O) groups is 1. The normalized spacial score (nSPS) is 15.6. The lowest BCUT2D eigenvalue weighted by Crippen LogP contribution is -2.45. The van der Waals surface area contributed by atoms with Crippen molar-refractivity contribution in [3.63, 3.8) is 0 Å². The van der Waals surface area contributed by atoms with Crippen LogP contribution >= 0.6 is 0 Å². The number of hydrogen-bond donors (Lipinski definition) is 1. The maximum Gasteiger partial charge on any atom is 0.317 e. The van der Waals surface area contributed by atoms with Gasteiger partial charge < -0.3 is 15.0 Å². The summed E-state index contributed by atoms with van der Waals surface area (Å²) in [7, 11) is 0. The van der Waals surface area contributed by atoms with Gasteiger partial charge in [0, 0.05) is 19.6 Å². The van der Waals surface area contributed by atoms with Crippen molar-refractivity contribution < 1.29 is 9.53 Å². The summed E-state index contributed by atoms with van der Waals surface area (Å²) in [5.74, 6) is 0. The van der Waals surface area contributed by atoms with Crippen molar-refractivity contribution in [2.24, 2.45) is 0 Å². The molecule has 0 spiro atoms. The van der Waals surface area contributed by atoms with Gasteiger partial charge in [0.1, 0.15) is 0 Å². The zero-order valence-electron chi connectivity index (χ0n) is 11.0. The molecule has 1 heterocycles. The standard InChI is InChI=1S/C14H20N2O2/c1-11-3-4-13(12(2)9-11)10-15-14(17)16-5-7-18-8-6-16/h3-4,9H,5-8,10H2,1-2H3,(H,15,17). The fourth-order valence-electron chi connectivity index (χ4n) is 2.09. The number of benzene rings is 1. The predicted octanol–water partition coefficient (Wildman–Crippen LogP) is 1.85. The Hall–Kier alpha value is -1.55. The second-order valence-electron chi connectivity index (χ2n) is 4.69. The Labute approximate surface area is 108 Å². The van der Waals surface area contributed by atoms with E-state index in [0.29, 0.717) is 32.8 Å². The number of rotatable bonds is 2. The molecular formula is C14H20N2O2. The predicted molar refractivity (Wildman–Crippen MR) is 70.5 cm³/mol. The maximum absolute atomic E-state index is 11.9. The number of morpholine rings is 1. The summed E-state index contributed by atoms with van der Waals surface area (Å²) in [6.45, 7) is 7.36. The van der Waals surface area contributed by atoms with Crippen molar-refractivity contribution in [1.29, 1.82) is 0 Å². The number of amides is 2. The van der Waals surface area contributed by atoms with Crippen LogP contribution in [0.2, 0.25) is 0 Å². The van der Waals surface area contributed by atoms with Gasteiger partial charge in [-0.3, -0.25) is 0 Å². The van der Waals surface area contributed by atoms with Gasteiger partial charge in [-0.1, -0.05) is 23.8 Å². The topological polar surface area (TPSA) is 41.6 Å². The van der Waals surface area contributed by atoms with Gasteiger partial charge in [-0.15, -0.1) is 0 Å². The summed E-state index contributed by atoms with van der Waals surface area (Å²) < 4.78 is 5.22. The first-order valence-electron chi connectivity index (χ1n) is 6.33. The fourth-order valence-corrected chi connectivity index (χ4v) is 2.09. The molecule has 4 nitrogen and oxygen atoms in total. The molecule has 1 aliphatic heterocycles. The van der Waals surface area contributed by atoms with Gasteiger partial charge in [0.25, 0.3) is 0 Å². The molecule has 0 radical (unpaired) electrons. The highest BCUT2D eigenvalue weighted by atomic mass is 16.5. The van der Waals surface area contributed by atoms with E-state index in [2.05, 4.69) is 37.4 Å². The molecule has 1 saturated heterocycles. The smallest absolute Gasteiger partial charge is 0.317 e. The Morgan fingerprint density at radius 3 is 2.72 bits per heavy atom. The highest BCUT2D eigenvalue weighted by molar-refractivity contribution is 5.74. The maximum atomic E-state index is 11.9. The molecule has 0 bridgehead atoms. The lowest BCUT2D eigenvalue weighted by atomic mass is 10.1. The van der Waals surface area contributed by atoms with Gasteiger partial charge in [-0.2, -0.15) is 0 Å². The minimum Gasteiger partial charge on any atom is -0.378 e. The zero-order chi connectivity index (χ0) is 13.0. The van der Waals surface area contributed by atoms with Crippen LogP contribution in [-0.4, -0.2) is 37.2 Å².